The van der Waals surface area contributed by atoms with Crippen LogP contribution in [0.3, 0.4) is 0 Å². The fraction of sp³-hybridized carbons (Fsp3) is 0.529. The molecule has 1 aromatic heterocycles. The highest BCUT2D eigenvalue weighted by Crippen LogP contribution is 2.50. The van der Waals surface area contributed by atoms with Crippen LogP contribution in [0, 0.1) is 12.0 Å². The predicted octanol–water partition coefficient (Wildman–Crippen LogP) is 3.94. The van der Waals surface area contributed by atoms with Gasteiger partial charge < -0.3 is 9.30 Å². The molecule has 4 heteroatoms. The van der Waals surface area contributed by atoms with Crippen LogP contribution in [0.1, 0.15) is 32.6 Å². The number of imidazole rings is 1. The fourth-order valence-electron chi connectivity index (χ4n) is 3.93. The van der Waals surface area contributed by atoms with Crippen LogP contribution in [-0.4, -0.2) is 21.8 Å². The number of rotatable bonds is 2. The van der Waals surface area contributed by atoms with Crippen LogP contribution in [0.2, 0.25) is 0 Å². The molecule has 1 saturated carbocycles. The lowest BCUT2D eigenvalue weighted by atomic mass is 9.70. The Kier molecular flexibility index (Phi) is 2.64. The van der Waals surface area contributed by atoms with Gasteiger partial charge in [0.2, 0.25) is 0 Å². The summed E-state index contributed by atoms with van der Waals surface area (Å²) in [5.41, 5.74) is 3.17. The average Bonchev–Trinajstić information content (AvgIpc) is 3.09. The summed E-state index contributed by atoms with van der Waals surface area (Å²) in [7, 11) is 0. The monoisotopic (exact) mass is 281 g/mol. The number of hydrogen-bond donors (Lipinski definition) is 0. The third-order valence-corrected chi connectivity index (χ3v) is 5.00. The summed E-state index contributed by atoms with van der Waals surface area (Å²) in [5, 5.41) is 0. The second-order valence-electron chi connectivity index (χ2n) is 6.97. The van der Waals surface area contributed by atoms with Crippen LogP contribution >= 0.6 is 0 Å². The Bertz CT molecular complexity index is 738. The first kappa shape index (κ1) is 12.8. The van der Waals surface area contributed by atoms with Gasteiger partial charge in [-0.25, -0.2) is 9.83 Å². The zero-order chi connectivity index (χ0) is 14.5. The van der Waals surface area contributed by atoms with Gasteiger partial charge >= 0.3 is 0 Å². The molecule has 1 saturated heterocycles. The van der Waals surface area contributed by atoms with Crippen molar-refractivity contribution in [1.82, 2.24) is 9.55 Å². The Morgan fingerprint density at radius 1 is 1.43 bits per heavy atom. The summed E-state index contributed by atoms with van der Waals surface area (Å²) in [6, 6.07) is 5.72. The summed E-state index contributed by atoms with van der Waals surface area (Å²) in [5.74, 6) is 0. The lowest BCUT2D eigenvalue weighted by molar-refractivity contribution is 0.103. The minimum absolute atomic E-state index is 0.186. The zero-order valence-corrected chi connectivity index (χ0v) is 12.3. The Hall–Kier alpha value is -1.86. The first-order valence-electron chi connectivity index (χ1n) is 7.58. The van der Waals surface area contributed by atoms with Crippen molar-refractivity contribution in [1.29, 1.82) is 0 Å². The standard InChI is InChI=1S/C17H19N3O/c1-16(6-3-7-17(9-16)11-21-17)10-20-12-19-14-5-4-13(18-2)8-15(14)20/h4-5,8,12H,3,6-7,9-11H2,1H3/t16-,17-/m0/s1. The van der Waals surface area contributed by atoms with Crippen LogP contribution in [0.4, 0.5) is 5.69 Å². The minimum Gasteiger partial charge on any atom is -0.370 e. The second kappa shape index (κ2) is 4.32. The SMILES string of the molecule is [C-]#[N+]c1ccc2ncn(C[C@@]3(C)CCC[C@@]4(CO4)C3)c2c1. The first-order chi connectivity index (χ1) is 10.1. The molecule has 2 aliphatic rings. The highest BCUT2D eigenvalue weighted by molar-refractivity contribution is 5.79. The molecule has 2 heterocycles. The third-order valence-electron chi connectivity index (χ3n) is 5.00. The fourth-order valence-corrected chi connectivity index (χ4v) is 3.93. The van der Waals surface area contributed by atoms with E-state index in [9.17, 15) is 0 Å². The average molecular weight is 281 g/mol. The molecule has 1 aromatic carbocycles. The van der Waals surface area contributed by atoms with Gasteiger partial charge in [0.1, 0.15) is 0 Å². The van der Waals surface area contributed by atoms with Crippen molar-refractivity contribution in [2.45, 2.75) is 44.8 Å². The van der Waals surface area contributed by atoms with E-state index in [0.29, 0.717) is 5.69 Å². The van der Waals surface area contributed by atoms with Gasteiger partial charge in [-0.3, -0.25) is 0 Å². The number of fused-ring (bicyclic) bond motifs is 1. The molecule has 0 unspecified atom stereocenters. The Morgan fingerprint density at radius 2 is 2.29 bits per heavy atom. The summed E-state index contributed by atoms with van der Waals surface area (Å²) in [6.45, 7) is 11.4. The van der Waals surface area contributed by atoms with Gasteiger partial charge in [-0.05, 0) is 43.2 Å². The number of epoxide rings is 1. The number of benzene rings is 1. The number of aromatic nitrogens is 2. The van der Waals surface area contributed by atoms with Crippen LogP contribution < -0.4 is 0 Å². The van der Waals surface area contributed by atoms with Crippen LogP contribution in [0.25, 0.3) is 15.9 Å². The molecule has 108 valence electrons. The molecule has 1 aliphatic heterocycles. The van der Waals surface area contributed by atoms with Crippen molar-refractivity contribution in [3.05, 3.63) is 35.9 Å². The third kappa shape index (κ3) is 2.22. The highest BCUT2D eigenvalue weighted by Gasteiger charge is 2.51. The van der Waals surface area contributed by atoms with Crippen molar-refractivity contribution in [2.75, 3.05) is 6.61 Å². The molecule has 4 nitrogen and oxygen atoms in total. The van der Waals surface area contributed by atoms with Gasteiger partial charge in [0.15, 0.2) is 5.69 Å². The topological polar surface area (TPSA) is 34.7 Å². The number of nitrogens with zero attached hydrogens (tertiary/aromatic N) is 3. The van der Waals surface area contributed by atoms with E-state index in [2.05, 4.69) is 21.3 Å². The second-order valence-corrected chi connectivity index (χ2v) is 6.97. The van der Waals surface area contributed by atoms with Crippen molar-refractivity contribution < 1.29 is 4.74 Å². The van der Waals surface area contributed by atoms with Crippen molar-refractivity contribution in [2.24, 2.45) is 5.41 Å². The summed E-state index contributed by atoms with van der Waals surface area (Å²) < 4.78 is 7.92. The van der Waals surface area contributed by atoms with E-state index < -0.39 is 0 Å². The van der Waals surface area contributed by atoms with Gasteiger partial charge in [-0.2, -0.15) is 0 Å². The summed E-state index contributed by atoms with van der Waals surface area (Å²) >= 11 is 0. The van der Waals surface area contributed by atoms with Crippen LogP contribution in [0.5, 0.6) is 0 Å². The molecule has 1 aliphatic carbocycles. The van der Waals surface area contributed by atoms with Crippen LogP contribution in [0.15, 0.2) is 24.5 Å². The van der Waals surface area contributed by atoms with Gasteiger partial charge in [0.05, 0.1) is 36.1 Å². The maximum atomic E-state index is 7.17. The van der Waals surface area contributed by atoms with Crippen molar-refractivity contribution in [3.8, 4) is 0 Å². The molecule has 21 heavy (non-hydrogen) atoms. The molecule has 0 amide bonds. The summed E-state index contributed by atoms with van der Waals surface area (Å²) in [4.78, 5) is 8.00. The Balaban J connectivity index is 1.66. The molecule has 0 N–H and O–H groups in total. The van der Waals surface area contributed by atoms with Crippen molar-refractivity contribution >= 4 is 16.7 Å². The lowest BCUT2D eigenvalue weighted by Gasteiger charge is -2.37. The largest absolute Gasteiger partial charge is 0.370 e. The molecule has 2 aromatic rings. The first-order valence-corrected chi connectivity index (χ1v) is 7.58. The van der Waals surface area contributed by atoms with Crippen molar-refractivity contribution in [3.63, 3.8) is 0 Å². The zero-order valence-electron chi connectivity index (χ0n) is 12.3. The quantitative estimate of drug-likeness (QED) is 0.617. The van der Waals surface area contributed by atoms with Gasteiger partial charge in [0.25, 0.3) is 0 Å². The molecule has 2 atom stereocenters. The van der Waals surface area contributed by atoms with E-state index in [0.717, 1.165) is 30.6 Å². The molecular weight excluding hydrogens is 262 g/mol. The summed E-state index contributed by atoms with van der Waals surface area (Å²) in [6.07, 6.45) is 6.76. The van der Waals surface area contributed by atoms with E-state index in [-0.39, 0.29) is 11.0 Å². The number of hydrogen-bond acceptors (Lipinski definition) is 2. The molecular formula is C17H19N3O. The smallest absolute Gasteiger partial charge is 0.189 e. The predicted molar refractivity (Wildman–Crippen MR) is 81.3 cm³/mol. The maximum Gasteiger partial charge on any atom is 0.189 e. The van der Waals surface area contributed by atoms with E-state index in [1.807, 2.05) is 24.5 Å². The lowest BCUT2D eigenvalue weighted by Crippen LogP contribution is -2.34. The maximum absolute atomic E-state index is 7.17. The van der Waals surface area contributed by atoms with E-state index in [1.54, 1.807) is 0 Å². The van der Waals surface area contributed by atoms with Gasteiger partial charge in [0, 0.05) is 6.54 Å². The Morgan fingerprint density at radius 3 is 3.05 bits per heavy atom. The molecule has 0 bridgehead atoms. The van der Waals surface area contributed by atoms with E-state index in [4.69, 9.17) is 11.3 Å². The van der Waals surface area contributed by atoms with Gasteiger partial charge in [-0.1, -0.05) is 13.0 Å². The molecule has 2 fully saturated rings. The van der Waals surface area contributed by atoms with E-state index in [1.165, 1.54) is 19.3 Å². The normalized spacial score (nSPS) is 31.4. The molecule has 1 spiro atoms. The van der Waals surface area contributed by atoms with Crippen LogP contribution in [-0.2, 0) is 11.3 Å². The number of ether oxygens (including phenoxy) is 1. The van der Waals surface area contributed by atoms with E-state index >= 15 is 0 Å². The molecule has 0 radical (unpaired) electrons. The van der Waals surface area contributed by atoms with Gasteiger partial charge in [-0.15, -0.1) is 0 Å². The molecule has 4 rings (SSSR count). The Labute approximate surface area is 124 Å². The minimum atomic E-state index is 0.186. The highest BCUT2D eigenvalue weighted by atomic mass is 16.6.